The molecule has 0 spiro atoms. The van der Waals surface area contributed by atoms with Gasteiger partial charge in [0.25, 0.3) is 0 Å². The molecule has 0 N–H and O–H groups in total. The van der Waals surface area contributed by atoms with Gasteiger partial charge in [-0.15, -0.1) is 0 Å². The zero-order valence-electron chi connectivity index (χ0n) is 22.8. The maximum absolute atomic E-state index is 12.7. The first-order valence-corrected chi connectivity index (χ1v) is 12.3. The second-order valence-corrected chi connectivity index (χ2v) is 8.07. The van der Waals surface area contributed by atoms with Gasteiger partial charge in [0.05, 0.1) is 11.1 Å². The van der Waals surface area contributed by atoms with Crippen molar-refractivity contribution < 1.29 is 57.2 Å². The molecule has 222 valence electrons. The normalized spacial score (nSPS) is 9.82. The van der Waals surface area contributed by atoms with Gasteiger partial charge < -0.3 is 28.4 Å². The van der Waals surface area contributed by atoms with E-state index in [0.717, 1.165) is 36.4 Å². The number of ether oxygens (including phenoxy) is 6. The largest absolute Gasteiger partial charge is 0.423 e. The molecular formula is C32H22O12. The summed E-state index contributed by atoms with van der Waals surface area (Å²) in [5.41, 5.74) is -0.109. The Morgan fingerprint density at radius 2 is 0.705 bits per heavy atom. The Hall–Kier alpha value is -6.56. The third kappa shape index (κ3) is 8.72. The van der Waals surface area contributed by atoms with Crippen LogP contribution in [0.5, 0.6) is 34.5 Å². The van der Waals surface area contributed by atoms with Gasteiger partial charge in [-0.1, -0.05) is 26.3 Å². The van der Waals surface area contributed by atoms with E-state index in [9.17, 15) is 28.8 Å². The van der Waals surface area contributed by atoms with Crippen molar-refractivity contribution in [1.82, 2.24) is 0 Å². The topological polar surface area (TPSA) is 158 Å². The Morgan fingerprint density at radius 3 is 1.00 bits per heavy atom. The van der Waals surface area contributed by atoms with Gasteiger partial charge in [-0.05, 0) is 60.7 Å². The molecule has 0 radical (unpaired) electrons. The Balaban J connectivity index is 1.73. The highest BCUT2D eigenvalue weighted by Crippen LogP contribution is 2.31. The van der Waals surface area contributed by atoms with Gasteiger partial charge >= 0.3 is 35.8 Å². The molecule has 0 bridgehead atoms. The van der Waals surface area contributed by atoms with Crippen LogP contribution >= 0.6 is 0 Å². The highest BCUT2D eigenvalue weighted by molar-refractivity contribution is 5.94. The predicted octanol–water partition coefficient (Wildman–Crippen LogP) is 4.49. The van der Waals surface area contributed by atoms with Crippen molar-refractivity contribution in [1.29, 1.82) is 0 Å². The van der Waals surface area contributed by atoms with Crippen LogP contribution in [-0.4, -0.2) is 35.8 Å². The van der Waals surface area contributed by atoms with Crippen LogP contribution < -0.4 is 28.4 Å². The van der Waals surface area contributed by atoms with Crippen molar-refractivity contribution in [2.75, 3.05) is 0 Å². The Bertz CT molecular complexity index is 1560. The fourth-order valence-electron chi connectivity index (χ4n) is 3.11. The molecule has 0 saturated carbocycles. The summed E-state index contributed by atoms with van der Waals surface area (Å²) in [6.07, 6.45) is 3.57. The predicted molar refractivity (Wildman–Crippen MR) is 153 cm³/mol. The molecule has 0 aliphatic heterocycles. The van der Waals surface area contributed by atoms with E-state index in [0.29, 0.717) is 0 Å². The first-order chi connectivity index (χ1) is 21.1. The quantitative estimate of drug-likeness (QED) is 0.164. The minimum absolute atomic E-state index is 0.0547. The van der Waals surface area contributed by atoms with E-state index in [4.69, 9.17) is 28.4 Å². The minimum Gasteiger partial charge on any atom is -0.423 e. The lowest BCUT2D eigenvalue weighted by atomic mass is 10.2. The SMILES string of the molecule is C=CC(=O)Oc1ccc(C(=O)Oc2ccc(OC(=O)c3ccc(OC(=O)C=C)c(OC(=O)C=C)c3)cc2)cc1OC(=O)C=C. The molecule has 0 unspecified atom stereocenters. The molecule has 3 aromatic rings. The molecule has 3 rings (SSSR count). The molecule has 0 heterocycles. The highest BCUT2D eigenvalue weighted by Gasteiger charge is 2.19. The number of rotatable bonds is 12. The lowest BCUT2D eigenvalue weighted by Crippen LogP contribution is -2.12. The summed E-state index contributed by atoms with van der Waals surface area (Å²) in [7, 11) is 0. The van der Waals surface area contributed by atoms with Gasteiger partial charge in [0.1, 0.15) is 11.5 Å². The summed E-state index contributed by atoms with van der Waals surface area (Å²) < 4.78 is 30.8. The molecule has 0 aromatic heterocycles. The molecule has 0 aliphatic rings. The number of hydrogen-bond donors (Lipinski definition) is 0. The fraction of sp³-hybridized carbons (Fsp3) is 0. The van der Waals surface area contributed by atoms with Crippen molar-refractivity contribution in [3.8, 4) is 34.5 Å². The molecule has 0 fully saturated rings. The van der Waals surface area contributed by atoms with E-state index in [-0.39, 0.29) is 45.6 Å². The van der Waals surface area contributed by atoms with Crippen molar-refractivity contribution in [2.24, 2.45) is 0 Å². The smallest absolute Gasteiger partial charge is 0.343 e. The summed E-state index contributed by atoms with van der Waals surface area (Å²) in [5.74, 6) is -5.72. The van der Waals surface area contributed by atoms with Gasteiger partial charge in [-0.25, -0.2) is 28.8 Å². The number of benzene rings is 3. The zero-order valence-corrected chi connectivity index (χ0v) is 22.8. The van der Waals surface area contributed by atoms with Crippen LogP contribution in [-0.2, 0) is 19.2 Å². The van der Waals surface area contributed by atoms with Crippen LogP contribution in [0.3, 0.4) is 0 Å². The molecule has 0 saturated heterocycles. The van der Waals surface area contributed by atoms with Gasteiger partial charge in [0, 0.05) is 24.3 Å². The van der Waals surface area contributed by atoms with Crippen molar-refractivity contribution in [3.63, 3.8) is 0 Å². The lowest BCUT2D eigenvalue weighted by Gasteiger charge is -2.11. The summed E-state index contributed by atoms with van der Waals surface area (Å²) in [6, 6.07) is 12.6. The third-order valence-electron chi connectivity index (χ3n) is 5.11. The number of carbonyl (C=O) groups excluding carboxylic acids is 6. The Morgan fingerprint density at radius 1 is 0.409 bits per heavy atom. The summed E-state index contributed by atoms with van der Waals surface area (Å²) in [6.45, 7) is 13.2. The molecule has 0 amide bonds. The van der Waals surface area contributed by atoms with E-state index in [2.05, 4.69) is 26.3 Å². The minimum atomic E-state index is -0.863. The van der Waals surface area contributed by atoms with Crippen LogP contribution in [0.25, 0.3) is 0 Å². The van der Waals surface area contributed by atoms with E-state index >= 15 is 0 Å². The average Bonchev–Trinajstić information content (AvgIpc) is 3.02. The van der Waals surface area contributed by atoms with Crippen LogP contribution in [0, 0.1) is 0 Å². The maximum atomic E-state index is 12.7. The first-order valence-electron chi connectivity index (χ1n) is 12.3. The van der Waals surface area contributed by atoms with E-state index < -0.39 is 35.8 Å². The number of hydrogen-bond acceptors (Lipinski definition) is 12. The molecular weight excluding hydrogens is 576 g/mol. The fourth-order valence-corrected chi connectivity index (χ4v) is 3.11. The zero-order chi connectivity index (χ0) is 32.2. The van der Waals surface area contributed by atoms with Crippen LogP contribution in [0.2, 0.25) is 0 Å². The van der Waals surface area contributed by atoms with E-state index in [1.54, 1.807) is 0 Å². The number of carbonyl (C=O) groups is 6. The molecule has 44 heavy (non-hydrogen) atoms. The Kier molecular flexibility index (Phi) is 10.8. The maximum Gasteiger partial charge on any atom is 0.343 e. The first kappa shape index (κ1) is 32.0. The third-order valence-corrected chi connectivity index (χ3v) is 5.11. The van der Waals surface area contributed by atoms with E-state index in [1.165, 1.54) is 48.5 Å². The molecule has 0 atom stereocenters. The van der Waals surface area contributed by atoms with Gasteiger partial charge in [0.2, 0.25) is 0 Å². The highest BCUT2D eigenvalue weighted by atomic mass is 16.6. The molecule has 12 nitrogen and oxygen atoms in total. The molecule has 0 aliphatic carbocycles. The van der Waals surface area contributed by atoms with Crippen molar-refractivity contribution in [2.45, 2.75) is 0 Å². The summed E-state index contributed by atoms with van der Waals surface area (Å²) in [4.78, 5) is 72.0. The van der Waals surface area contributed by atoms with Gasteiger partial charge in [-0.2, -0.15) is 0 Å². The van der Waals surface area contributed by atoms with Gasteiger partial charge in [-0.3, -0.25) is 0 Å². The van der Waals surface area contributed by atoms with Crippen molar-refractivity contribution >= 4 is 35.8 Å². The molecule has 3 aromatic carbocycles. The average molecular weight is 599 g/mol. The summed E-state index contributed by atoms with van der Waals surface area (Å²) >= 11 is 0. The summed E-state index contributed by atoms with van der Waals surface area (Å²) in [5, 5.41) is 0. The Labute approximate surface area is 250 Å². The molecule has 12 heteroatoms. The second kappa shape index (κ2) is 14.9. The standard InChI is InChI=1S/C32H22O12/c1-5-27(33)41-23-15-9-19(17-25(23)43-29(35)7-3)31(37)39-21-11-13-22(14-12-21)40-32(38)20-10-16-24(42-28(34)6-2)26(18-20)44-30(36)8-4/h5-18H,1-4H2. The lowest BCUT2D eigenvalue weighted by molar-refractivity contribution is -0.131. The number of esters is 6. The van der Waals surface area contributed by atoms with E-state index in [1.807, 2.05) is 0 Å². The van der Waals surface area contributed by atoms with Crippen LogP contribution in [0.15, 0.2) is 111 Å². The van der Waals surface area contributed by atoms with Crippen molar-refractivity contribution in [3.05, 3.63) is 122 Å². The van der Waals surface area contributed by atoms with Crippen LogP contribution in [0.4, 0.5) is 0 Å². The second-order valence-electron chi connectivity index (χ2n) is 8.07. The van der Waals surface area contributed by atoms with Crippen LogP contribution in [0.1, 0.15) is 20.7 Å². The monoisotopic (exact) mass is 598 g/mol. The van der Waals surface area contributed by atoms with Gasteiger partial charge in [0.15, 0.2) is 23.0 Å².